The van der Waals surface area contributed by atoms with Crippen molar-refractivity contribution in [3.63, 3.8) is 0 Å². The Morgan fingerprint density at radius 1 is 0.969 bits per heavy atom. The minimum atomic E-state index is -3.22. The molecule has 0 aromatic heterocycles. The predicted octanol–water partition coefficient (Wildman–Crippen LogP) is 6.19. The van der Waals surface area contributed by atoms with Crippen LogP contribution in [-0.2, 0) is 22.9 Å². The Morgan fingerprint density at radius 2 is 1.66 bits per heavy atom. The van der Waals surface area contributed by atoms with Gasteiger partial charge in [0.15, 0.2) is 15.6 Å². The van der Waals surface area contributed by atoms with Gasteiger partial charge in [-0.3, -0.25) is 4.79 Å². The van der Waals surface area contributed by atoms with E-state index in [4.69, 9.17) is 27.9 Å². The van der Waals surface area contributed by atoms with Crippen molar-refractivity contribution in [3.05, 3.63) is 98.5 Å². The average Bonchev–Trinajstić information content (AvgIpc) is 3.06. The molecule has 0 aliphatic heterocycles. The Morgan fingerprint density at radius 3 is 2.31 bits per heavy atom. The number of ether oxygens (including phenoxy) is 1. The van der Waals surface area contributed by atoms with E-state index in [1.807, 2.05) is 12.1 Å². The number of halogens is 2. The summed E-state index contributed by atoms with van der Waals surface area (Å²) in [4.78, 5) is 13.1. The van der Waals surface area contributed by atoms with Crippen LogP contribution in [0, 0.1) is 0 Å². The molecule has 0 bridgehead atoms. The molecule has 0 amide bonds. The fraction of sp³-hybridized carbons (Fsp3) is 0.160. The molecule has 0 spiro atoms. The van der Waals surface area contributed by atoms with Crippen LogP contribution in [0.2, 0.25) is 10.0 Å². The zero-order valence-corrected chi connectivity index (χ0v) is 19.6. The maximum absolute atomic E-state index is 12.8. The minimum Gasteiger partial charge on any atom is -0.489 e. The topological polar surface area (TPSA) is 60.4 Å². The third kappa shape index (κ3) is 4.90. The Hall–Kier alpha value is -2.60. The van der Waals surface area contributed by atoms with Crippen LogP contribution in [-0.4, -0.2) is 20.0 Å². The highest BCUT2D eigenvalue weighted by Gasteiger charge is 2.25. The highest BCUT2D eigenvalue weighted by molar-refractivity contribution is 7.91. The fourth-order valence-electron chi connectivity index (χ4n) is 3.59. The lowest BCUT2D eigenvalue weighted by Gasteiger charge is -2.08. The quantitative estimate of drug-likeness (QED) is 0.389. The van der Waals surface area contributed by atoms with Crippen LogP contribution in [0.3, 0.4) is 0 Å². The summed E-state index contributed by atoms with van der Waals surface area (Å²) in [6.45, 7) is 1.92. The average molecular weight is 487 g/mol. The molecule has 0 saturated carbocycles. The molecule has 0 saturated heterocycles. The molecule has 0 unspecified atom stereocenters. The maximum atomic E-state index is 12.8. The molecule has 3 aromatic carbocycles. The number of benzene rings is 3. The highest BCUT2D eigenvalue weighted by atomic mass is 35.5. The van der Waals surface area contributed by atoms with Crippen molar-refractivity contribution in [2.24, 2.45) is 0 Å². The van der Waals surface area contributed by atoms with E-state index in [0.717, 1.165) is 16.7 Å². The van der Waals surface area contributed by atoms with Crippen molar-refractivity contribution in [2.45, 2.75) is 24.8 Å². The van der Waals surface area contributed by atoms with Crippen molar-refractivity contribution < 1.29 is 17.9 Å². The second kappa shape index (κ2) is 9.10. The van der Waals surface area contributed by atoms with Crippen LogP contribution in [0.15, 0.2) is 71.1 Å². The summed E-state index contributed by atoms with van der Waals surface area (Å²) in [6, 6.07) is 17.3. The fourth-order valence-corrected chi connectivity index (χ4v) is 5.02. The molecule has 0 atom stereocenters. The normalized spacial score (nSPS) is 14.6. The molecule has 7 heteroatoms. The van der Waals surface area contributed by atoms with E-state index < -0.39 is 9.84 Å². The SMILES string of the molecule is CCS(=O)(=O)c1ccc(COc2ccc3c(c2)C/C(=C\c2cc(Cl)cc(Cl)c2)C3=O)cc1. The van der Waals surface area contributed by atoms with Crippen LogP contribution >= 0.6 is 23.2 Å². The van der Waals surface area contributed by atoms with Gasteiger partial charge in [0.25, 0.3) is 0 Å². The monoisotopic (exact) mass is 486 g/mol. The summed E-state index contributed by atoms with van der Waals surface area (Å²) in [7, 11) is -3.22. The summed E-state index contributed by atoms with van der Waals surface area (Å²) in [5, 5.41) is 1.03. The van der Waals surface area contributed by atoms with Crippen molar-refractivity contribution in [2.75, 3.05) is 5.75 Å². The zero-order chi connectivity index (χ0) is 22.9. The van der Waals surface area contributed by atoms with Gasteiger partial charge in [0.05, 0.1) is 10.6 Å². The summed E-state index contributed by atoms with van der Waals surface area (Å²) in [6.07, 6.45) is 2.31. The molecule has 0 N–H and O–H groups in total. The Labute approximate surface area is 197 Å². The van der Waals surface area contributed by atoms with E-state index in [2.05, 4.69) is 0 Å². The number of hydrogen-bond acceptors (Lipinski definition) is 4. The molecule has 0 heterocycles. The maximum Gasteiger partial charge on any atom is 0.189 e. The largest absolute Gasteiger partial charge is 0.489 e. The Kier molecular flexibility index (Phi) is 6.42. The van der Waals surface area contributed by atoms with Crippen molar-refractivity contribution in [1.82, 2.24) is 0 Å². The summed E-state index contributed by atoms with van der Waals surface area (Å²) >= 11 is 12.1. The summed E-state index contributed by atoms with van der Waals surface area (Å²) in [5.41, 5.74) is 3.86. The van der Waals surface area contributed by atoms with E-state index in [9.17, 15) is 13.2 Å². The molecule has 3 aromatic rings. The van der Waals surface area contributed by atoms with Gasteiger partial charge in [-0.1, -0.05) is 42.3 Å². The van der Waals surface area contributed by atoms with Crippen LogP contribution in [0.4, 0.5) is 0 Å². The van der Waals surface area contributed by atoms with Crippen LogP contribution in [0.25, 0.3) is 6.08 Å². The van der Waals surface area contributed by atoms with E-state index >= 15 is 0 Å². The third-order valence-corrected chi connectivity index (χ3v) is 7.47. The number of carbonyl (C=O) groups excluding carboxylic acids is 1. The number of hydrogen-bond donors (Lipinski definition) is 0. The standard InChI is InChI=1S/C25H20Cl2O4S/c1-2-32(29,30)23-6-3-16(4-7-23)15-31-22-5-8-24-18(13-22)12-19(25(24)28)9-17-10-20(26)14-21(27)11-17/h3-11,13-14H,2,12,15H2,1H3/b19-9+. The lowest BCUT2D eigenvalue weighted by Crippen LogP contribution is -2.04. The number of ketones is 1. The lowest BCUT2D eigenvalue weighted by molar-refractivity contribution is 0.104. The number of sulfone groups is 1. The van der Waals surface area contributed by atoms with E-state index in [-0.39, 0.29) is 11.5 Å². The van der Waals surface area contributed by atoms with E-state index in [1.54, 1.807) is 61.5 Å². The first-order chi connectivity index (χ1) is 15.2. The van der Waals surface area contributed by atoms with Gasteiger partial charge in [-0.15, -0.1) is 0 Å². The number of rotatable bonds is 6. The molecule has 4 nitrogen and oxygen atoms in total. The van der Waals surface area contributed by atoms with Gasteiger partial charge >= 0.3 is 0 Å². The van der Waals surface area contributed by atoms with Crippen molar-refractivity contribution in [3.8, 4) is 5.75 Å². The summed E-state index contributed by atoms with van der Waals surface area (Å²) < 4.78 is 29.7. The second-order valence-corrected chi connectivity index (χ2v) is 10.7. The number of Topliss-reactive ketones (excluding diaryl/α,β-unsaturated/α-hetero) is 1. The van der Waals surface area contributed by atoms with Gasteiger partial charge in [-0.2, -0.15) is 0 Å². The number of allylic oxidation sites excluding steroid dienone is 1. The predicted molar refractivity (Wildman–Crippen MR) is 127 cm³/mol. The molecule has 0 fully saturated rings. The zero-order valence-electron chi connectivity index (χ0n) is 17.3. The first-order valence-corrected chi connectivity index (χ1v) is 12.4. The van der Waals surface area contributed by atoms with Crippen LogP contribution in [0.1, 0.15) is 34.0 Å². The minimum absolute atomic E-state index is 0.0182. The molecular formula is C25H20Cl2O4S. The number of fused-ring (bicyclic) bond motifs is 1. The van der Waals surface area contributed by atoms with Gasteiger partial charge in [0.2, 0.25) is 0 Å². The van der Waals surface area contributed by atoms with Crippen molar-refractivity contribution in [1.29, 1.82) is 0 Å². The third-order valence-electron chi connectivity index (χ3n) is 5.29. The lowest BCUT2D eigenvalue weighted by atomic mass is 10.1. The first kappa shape index (κ1) is 22.6. The van der Waals surface area contributed by atoms with Gasteiger partial charge in [-0.25, -0.2) is 8.42 Å². The summed E-state index contributed by atoms with van der Waals surface area (Å²) in [5.74, 6) is 0.696. The molecule has 1 aliphatic carbocycles. The van der Waals surface area contributed by atoms with Gasteiger partial charge in [0.1, 0.15) is 12.4 Å². The van der Waals surface area contributed by atoms with E-state index in [0.29, 0.717) is 44.9 Å². The van der Waals surface area contributed by atoms with Crippen LogP contribution in [0.5, 0.6) is 5.75 Å². The van der Waals surface area contributed by atoms with Crippen LogP contribution < -0.4 is 4.74 Å². The van der Waals surface area contributed by atoms with E-state index in [1.165, 1.54) is 0 Å². The first-order valence-electron chi connectivity index (χ1n) is 10.0. The highest BCUT2D eigenvalue weighted by Crippen LogP contribution is 2.32. The van der Waals surface area contributed by atoms with Crippen molar-refractivity contribution >= 4 is 44.9 Å². The molecule has 32 heavy (non-hydrogen) atoms. The smallest absolute Gasteiger partial charge is 0.189 e. The molecular weight excluding hydrogens is 467 g/mol. The molecule has 4 rings (SSSR count). The second-order valence-electron chi connectivity index (χ2n) is 7.53. The molecule has 164 valence electrons. The molecule has 1 aliphatic rings. The number of carbonyl (C=O) groups is 1. The Bertz CT molecular complexity index is 1310. The Balaban J connectivity index is 1.47. The van der Waals surface area contributed by atoms with Gasteiger partial charge in [0, 0.05) is 27.6 Å². The molecule has 0 radical (unpaired) electrons. The van der Waals surface area contributed by atoms with Gasteiger partial charge in [-0.05, 0) is 71.3 Å². The van der Waals surface area contributed by atoms with Gasteiger partial charge < -0.3 is 4.74 Å².